The first-order chi connectivity index (χ1) is 17.0. The number of rotatable bonds is 7. The molecule has 3 aliphatic rings. The Kier molecular flexibility index (Phi) is 6.72. The average molecular weight is 478 g/mol. The van der Waals surface area contributed by atoms with E-state index in [-0.39, 0.29) is 30.5 Å². The molecule has 3 unspecified atom stereocenters. The fraction of sp³-hybridized carbons (Fsp3) is 0.385. The van der Waals surface area contributed by atoms with E-state index in [4.69, 9.17) is 4.74 Å². The molecule has 3 aliphatic heterocycles. The maximum absolute atomic E-state index is 12.8. The Hall–Kier alpha value is -3.40. The molecule has 2 saturated heterocycles. The highest BCUT2D eigenvalue weighted by Gasteiger charge is 2.43. The van der Waals surface area contributed by atoms with Crippen molar-refractivity contribution in [2.75, 3.05) is 51.4 Å². The first kappa shape index (κ1) is 23.3. The molecule has 184 valence electrons. The van der Waals surface area contributed by atoms with E-state index in [9.17, 15) is 14.7 Å². The van der Waals surface area contributed by atoms with Crippen LogP contribution in [-0.4, -0.2) is 85.5 Å². The van der Waals surface area contributed by atoms with E-state index < -0.39 is 6.10 Å². The average Bonchev–Trinajstić information content (AvgIpc) is 3.27. The Labute approximate surface area is 205 Å². The molecule has 5 rings (SSSR count). The molecule has 2 fully saturated rings. The number of amides is 2. The second-order valence-electron chi connectivity index (χ2n) is 9.21. The number of carbonyl (C=O) groups is 2. The minimum absolute atomic E-state index is 0.00395. The molecule has 2 amide bonds. The van der Waals surface area contributed by atoms with Gasteiger partial charge in [0, 0.05) is 38.6 Å². The lowest BCUT2D eigenvalue weighted by atomic mass is 9.91. The number of hydrogen-bond acceptors (Lipinski definition) is 7. The normalized spacial score (nSPS) is 23.5. The fourth-order valence-electron chi connectivity index (χ4n) is 4.83. The van der Waals surface area contributed by atoms with Crippen LogP contribution in [0.1, 0.15) is 5.56 Å². The molecule has 0 saturated carbocycles. The number of para-hydroxylation sites is 1. The largest absolute Gasteiger partial charge is 0.491 e. The van der Waals surface area contributed by atoms with Crippen molar-refractivity contribution in [3.63, 3.8) is 0 Å². The quantitative estimate of drug-likeness (QED) is 0.540. The summed E-state index contributed by atoms with van der Waals surface area (Å²) in [4.78, 5) is 30.4. The molecule has 2 aromatic carbocycles. The summed E-state index contributed by atoms with van der Waals surface area (Å²) in [5.74, 6) is 0.382. The Bertz CT molecular complexity index is 1090. The number of fused-ring (bicyclic) bond motifs is 1. The molecule has 0 radical (unpaired) electrons. The zero-order chi connectivity index (χ0) is 24.4. The van der Waals surface area contributed by atoms with Gasteiger partial charge in [-0.25, -0.2) is 0 Å². The Morgan fingerprint density at radius 3 is 2.60 bits per heavy atom. The van der Waals surface area contributed by atoms with E-state index in [1.54, 1.807) is 11.9 Å². The molecule has 0 aliphatic carbocycles. The standard InChI is InChI=1S/C26H31N5O4/c1-29-11-12-30(15-23(29)33)13-20(32)16-35-21-9-7-18(8-10-21)22-14-31(19-5-3-2-4-6-19)25-24(22)26(34)28-17-27-25/h2-10,14,20,24-25,27,32H,11-13,15-17H2,1H3,(H,28,34). The van der Waals surface area contributed by atoms with Crippen molar-refractivity contribution in [2.45, 2.75) is 12.3 Å². The number of nitrogens with zero attached hydrogens (tertiary/aromatic N) is 3. The summed E-state index contributed by atoms with van der Waals surface area (Å²) < 4.78 is 5.80. The molecule has 3 N–H and O–H groups in total. The van der Waals surface area contributed by atoms with Gasteiger partial charge in [0.05, 0.1) is 19.1 Å². The number of carbonyl (C=O) groups excluding carboxylic acids is 2. The van der Waals surface area contributed by atoms with Crippen LogP contribution in [0.15, 0.2) is 60.8 Å². The highest BCUT2D eigenvalue weighted by molar-refractivity contribution is 5.96. The summed E-state index contributed by atoms with van der Waals surface area (Å²) >= 11 is 0. The Balaban J connectivity index is 1.24. The van der Waals surface area contributed by atoms with Gasteiger partial charge in [0.1, 0.15) is 24.6 Å². The first-order valence-electron chi connectivity index (χ1n) is 11.9. The Morgan fingerprint density at radius 1 is 1.09 bits per heavy atom. The fourth-order valence-corrected chi connectivity index (χ4v) is 4.83. The van der Waals surface area contributed by atoms with Gasteiger partial charge < -0.3 is 25.0 Å². The molecule has 0 spiro atoms. The summed E-state index contributed by atoms with van der Waals surface area (Å²) in [5, 5.41) is 16.7. The highest BCUT2D eigenvalue weighted by Crippen LogP contribution is 2.38. The number of hydrogen-bond donors (Lipinski definition) is 3. The van der Waals surface area contributed by atoms with Crippen LogP contribution in [0.5, 0.6) is 5.75 Å². The van der Waals surface area contributed by atoms with Gasteiger partial charge in [0.25, 0.3) is 0 Å². The number of nitrogens with one attached hydrogen (secondary N) is 2. The number of aliphatic hydroxyl groups is 1. The van der Waals surface area contributed by atoms with Crippen LogP contribution in [-0.2, 0) is 9.59 Å². The number of aliphatic hydroxyl groups excluding tert-OH is 1. The number of β-amino-alcohol motifs (C(OH)–C–C–N with tert-alkyl or cyclic N) is 1. The minimum atomic E-state index is -0.694. The van der Waals surface area contributed by atoms with Crippen LogP contribution in [0, 0.1) is 5.92 Å². The lowest BCUT2D eigenvalue weighted by Crippen LogP contribution is -2.58. The predicted octanol–water partition coefficient (Wildman–Crippen LogP) is 0.681. The van der Waals surface area contributed by atoms with Gasteiger partial charge in [-0.05, 0) is 35.4 Å². The van der Waals surface area contributed by atoms with Crippen molar-refractivity contribution in [2.24, 2.45) is 5.92 Å². The van der Waals surface area contributed by atoms with E-state index in [1.807, 2.05) is 65.7 Å². The molecule has 3 atom stereocenters. The summed E-state index contributed by atoms with van der Waals surface area (Å²) in [6.07, 6.45) is 1.20. The second kappa shape index (κ2) is 10.1. The number of anilines is 1. The third-order valence-electron chi connectivity index (χ3n) is 6.77. The van der Waals surface area contributed by atoms with Gasteiger partial charge in [0.15, 0.2) is 0 Å². The molecular weight excluding hydrogens is 446 g/mol. The van der Waals surface area contributed by atoms with Crippen LogP contribution in [0.3, 0.4) is 0 Å². The second-order valence-corrected chi connectivity index (χ2v) is 9.21. The number of likely N-dealkylation sites (N-methyl/N-ethyl adjacent to an activating group) is 1. The lowest BCUT2D eigenvalue weighted by molar-refractivity contribution is -0.135. The molecule has 9 heteroatoms. The van der Waals surface area contributed by atoms with Crippen LogP contribution < -0.4 is 20.3 Å². The van der Waals surface area contributed by atoms with Crippen molar-refractivity contribution in [1.29, 1.82) is 0 Å². The minimum Gasteiger partial charge on any atom is -0.491 e. The van der Waals surface area contributed by atoms with E-state index >= 15 is 0 Å². The maximum Gasteiger partial charge on any atom is 0.236 e. The molecular formula is C26H31N5O4. The van der Waals surface area contributed by atoms with Gasteiger partial charge in [-0.1, -0.05) is 30.3 Å². The topological polar surface area (TPSA) is 97.4 Å². The zero-order valence-electron chi connectivity index (χ0n) is 19.8. The number of ether oxygens (including phenoxy) is 1. The van der Waals surface area contributed by atoms with Crippen molar-refractivity contribution in [3.05, 3.63) is 66.4 Å². The lowest BCUT2D eigenvalue weighted by Gasteiger charge is -2.34. The van der Waals surface area contributed by atoms with Crippen molar-refractivity contribution >= 4 is 23.1 Å². The first-order valence-corrected chi connectivity index (χ1v) is 11.9. The number of benzene rings is 2. The van der Waals surface area contributed by atoms with E-state index in [1.165, 1.54) is 0 Å². The SMILES string of the molecule is CN1CCN(CC(O)COc2ccc(C3=CN(c4ccccc4)C4NCNC(=O)C34)cc2)CC1=O. The molecule has 2 aromatic rings. The monoisotopic (exact) mass is 477 g/mol. The van der Waals surface area contributed by atoms with Crippen LogP contribution in [0.4, 0.5) is 5.69 Å². The third-order valence-corrected chi connectivity index (χ3v) is 6.77. The van der Waals surface area contributed by atoms with Crippen molar-refractivity contribution in [3.8, 4) is 5.75 Å². The van der Waals surface area contributed by atoms with Gasteiger partial charge in [0.2, 0.25) is 11.8 Å². The molecule has 0 aromatic heterocycles. The van der Waals surface area contributed by atoms with Crippen LogP contribution in [0.2, 0.25) is 0 Å². The van der Waals surface area contributed by atoms with Gasteiger partial charge >= 0.3 is 0 Å². The number of piperazine rings is 1. The van der Waals surface area contributed by atoms with Crippen LogP contribution >= 0.6 is 0 Å². The Morgan fingerprint density at radius 2 is 1.86 bits per heavy atom. The summed E-state index contributed by atoms with van der Waals surface area (Å²) in [7, 11) is 1.79. The zero-order valence-corrected chi connectivity index (χ0v) is 19.8. The van der Waals surface area contributed by atoms with Gasteiger partial charge in [-0.3, -0.25) is 19.8 Å². The van der Waals surface area contributed by atoms with Gasteiger partial charge in [-0.15, -0.1) is 0 Å². The molecule has 3 heterocycles. The van der Waals surface area contributed by atoms with Gasteiger partial charge in [-0.2, -0.15) is 0 Å². The van der Waals surface area contributed by atoms with Crippen molar-refractivity contribution < 1.29 is 19.4 Å². The van der Waals surface area contributed by atoms with E-state index in [0.29, 0.717) is 32.1 Å². The smallest absolute Gasteiger partial charge is 0.236 e. The summed E-state index contributed by atoms with van der Waals surface area (Å²) in [6.45, 7) is 2.70. The summed E-state index contributed by atoms with van der Waals surface area (Å²) in [6, 6.07) is 17.6. The van der Waals surface area contributed by atoms with Crippen molar-refractivity contribution in [1.82, 2.24) is 20.4 Å². The molecule has 0 bridgehead atoms. The van der Waals surface area contributed by atoms with E-state index in [0.717, 1.165) is 23.4 Å². The third kappa shape index (κ3) is 5.02. The van der Waals surface area contributed by atoms with E-state index in [2.05, 4.69) is 15.5 Å². The summed E-state index contributed by atoms with van der Waals surface area (Å²) in [5.41, 5.74) is 2.91. The highest BCUT2D eigenvalue weighted by atomic mass is 16.5. The molecule has 9 nitrogen and oxygen atoms in total. The predicted molar refractivity (Wildman–Crippen MR) is 132 cm³/mol. The van der Waals surface area contributed by atoms with Crippen LogP contribution in [0.25, 0.3) is 5.57 Å². The maximum atomic E-state index is 12.8. The molecule has 35 heavy (non-hydrogen) atoms.